The summed E-state index contributed by atoms with van der Waals surface area (Å²) in [6.07, 6.45) is 1.46. The molecule has 0 aliphatic heterocycles. The van der Waals surface area contributed by atoms with Gasteiger partial charge in [0.15, 0.2) is 0 Å². The van der Waals surface area contributed by atoms with Crippen LogP contribution in [0.1, 0.15) is 21.6 Å². The predicted octanol–water partition coefficient (Wildman–Crippen LogP) is 4.17. The number of hydrogen-bond donors (Lipinski definition) is 2. The van der Waals surface area contributed by atoms with Gasteiger partial charge in [-0.05, 0) is 77.6 Å². The Bertz CT molecular complexity index is 1000. The minimum absolute atomic E-state index is 0.111. The molecule has 8 nitrogen and oxygen atoms in total. The molecule has 11 heteroatoms. The highest BCUT2D eigenvalue weighted by molar-refractivity contribution is 9.11. The van der Waals surface area contributed by atoms with E-state index in [1.807, 2.05) is 12.1 Å². The van der Waals surface area contributed by atoms with Crippen molar-refractivity contribution < 1.29 is 14.2 Å². The lowest BCUT2D eigenvalue weighted by molar-refractivity contribution is 0.0946. The van der Waals surface area contributed by atoms with Gasteiger partial charge in [0.05, 0.1) is 15.2 Å². The van der Waals surface area contributed by atoms with Crippen LogP contribution in [0.4, 0.5) is 5.82 Å². The third-order valence-corrected chi connectivity index (χ3v) is 4.86. The van der Waals surface area contributed by atoms with Crippen molar-refractivity contribution in [2.24, 2.45) is 5.10 Å². The highest BCUT2D eigenvalue weighted by Crippen LogP contribution is 2.35. The highest BCUT2D eigenvalue weighted by Gasteiger charge is 2.15. The maximum atomic E-state index is 11.8. The fourth-order valence-electron chi connectivity index (χ4n) is 2.10. The molecule has 0 unspecified atom stereocenters. The van der Waals surface area contributed by atoms with Crippen LogP contribution >= 0.6 is 43.5 Å². The highest BCUT2D eigenvalue weighted by atomic mass is 79.9. The van der Waals surface area contributed by atoms with Gasteiger partial charge >= 0.3 is 0 Å². The molecule has 0 saturated carbocycles. The Balaban J connectivity index is 1.65. The number of rotatable bonds is 6. The van der Waals surface area contributed by atoms with Crippen molar-refractivity contribution >= 4 is 61.4 Å². The van der Waals surface area contributed by atoms with Crippen LogP contribution in [0.3, 0.4) is 0 Å². The van der Waals surface area contributed by atoms with E-state index in [1.165, 1.54) is 6.21 Å². The third-order valence-electron chi connectivity index (χ3n) is 3.43. The Kier molecular flexibility index (Phi) is 6.65. The Morgan fingerprint density at radius 3 is 2.54 bits per heavy atom. The first kappa shape index (κ1) is 20.3. The van der Waals surface area contributed by atoms with Crippen LogP contribution in [0.2, 0.25) is 5.02 Å². The summed E-state index contributed by atoms with van der Waals surface area (Å²) in [6.45, 7) is 0.380. The van der Waals surface area contributed by atoms with E-state index in [0.717, 1.165) is 5.56 Å². The number of amides is 1. The largest absolute Gasteiger partial charge is 0.487 e. The number of hydrogen-bond acceptors (Lipinski definition) is 7. The van der Waals surface area contributed by atoms with Crippen molar-refractivity contribution in [2.75, 3.05) is 5.73 Å². The van der Waals surface area contributed by atoms with Crippen molar-refractivity contribution in [1.82, 2.24) is 15.7 Å². The fourth-order valence-corrected chi connectivity index (χ4v) is 3.68. The van der Waals surface area contributed by atoms with E-state index >= 15 is 0 Å². The topological polar surface area (TPSA) is 116 Å². The van der Waals surface area contributed by atoms with Crippen molar-refractivity contribution in [3.8, 4) is 5.75 Å². The molecule has 1 aromatic heterocycles. The average molecular weight is 530 g/mol. The monoisotopic (exact) mass is 527 g/mol. The van der Waals surface area contributed by atoms with Crippen LogP contribution in [0.5, 0.6) is 5.75 Å². The molecule has 0 fully saturated rings. The van der Waals surface area contributed by atoms with Crippen molar-refractivity contribution in [3.63, 3.8) is 0 Å². The van der Waals surface area contributed by atoms with E-state index in [0.29, 0.717) is 31.9 Å². The van der Waals surface area contributed by atoms with E-state index in [2.05, 4.69) is 57.3 Å². The maximum Gasteiger partial charge on any atom is 0.297 e. The number of carbonyl (C=O) groups is 1. The molecule has 0 radical (unpaired) electrons. The number of nitrogens with two attached hydrogens (primary N) is 1. The summed E-state index contributed by atoms with van der Waals surface area (Å²) in [7, 11) is 0. The standard InChI is InChI=1S/C17H12Br2ClN5O3/c18-12-5-10(7-22-23-17(26)14-16(21)25-28-24-14)6-13(19)15(12)27-8-9-1-3-11(20)4-2-9/h1-7H,8H2,(H2,21,25)(H,23,26)/b22-7+. The molecule has 0 bridgehead atoms. The van der Waals surface area contributed by atoms with Crippen LogP contribution in [0.15, 0.2) is 55.1 Å². The molecule has 3 aromatic rings. The van der Waals surface area contributed by atoms with Gasteiger partial charge in [0.25, 0.3) is 5.91 Å². The van der Waals surface area contributed by atoms with Crippen molar-refractivity contribution in [1.29, 1.82) is 0 Å². The molecule has 3 N–H and O–H groups in total. The number of hydrazone groups is 1. The first-order chi connectivity index (χ1) is 13.4. The smallest absolute Gasteiger partial charge is 0.297 e. The van der Waals surface area contributed by atoms with Gasteiger partial charge in [0.1, 0.15) is 12.4 Å². The predicted molar refractivity (Wildman–Crippen MR) is 111 cm³/mol. The van der Waals surface area contributed by atoms with Gasteiger partial charge in [0, 0.05) is 5.02 Å². The Hall–Kier alpha value is -2.43. The summed E-state index contributed by atoms with van der Waals surface area (Å²) in [5.74, 6) is -0.103. The molecule has 28 heavy (non-hydrogen) atoms. The summed E-state index contributed by atoms with van der Waals surface area (Å²) in [4.78, 5) is 11.8. The summed E-state index contributed by atoms with van der Waals surface area (Å²) < 4.78 is 11.7. The number of nitrogens with one attached hydrogen (secondary N) is 1. The second-order valence-corrected chi connectivity index (χ2v) is 7.57. The van der Waals surface area contributed by atoms with E-state index in [1.54, 1.807) is 24.3 Å². The molecular formula is C17H12Br2ClN5O3. The van der Waals surface area contributed by atoms with Crippen molar-refractivity contribution in [2.45, 2.75) is 6.61 Å². The average Bonchev–Trinajstić information content (AvgIpc) is 3.08. The second-order valence-electron chi connectivity index (χ2n) is 5.43. The third kappa shape index (κ3) is 5.09. The van der Waals surface area contributed by atoms with Crippen LogP contribution < -0.4 is 15.9 Å². The van der Waals surface area contributed by atoms with Gasteiger partial charge in [-0.3, -0.25) is 4.79 Å². The summed E-state index contributed by atoms with van der Waals surface area (Å²) in [6, 6.07) is 11.0. The number of ether oxygens (including phenoxy) is 1. The number of benzene rings is 2. The van der Waals surface area contributed by atoms with Gasteiger partial charge in [-0.25, -0.2) is 10.1 Å². The molecule has 0 atom stereocenters. The normalized spacial score (nSPS) is 11.0. The van der Waals surface area contributed by atoms with Gasteiger partial charge in [-0.2, -0.15) is 5.10 Å². The summed E-state index contributed by atoms with van der Waals surface area (Å²) in [5, 5.41) is 11.3. The van der Waals surface area contributed by atoms with Gasteiger partial charge in [-0.15, -0.1) is 0 Å². The molecule has 1 amide bonds. The zero-order chi connectivity index (χ0) is 20.1. The minimum atomic E-state index is -0.629. The van der Waals surface area contributed by atoms with Crippen molar-refractivity contribution in [3.05, 3.63) is 67.2 Å². The first-order valence-electron chi connectivity index (χ1n) is 7.72. The van der Waals surface area contributed by atoms with Gasteiger partial charge < -0.3 is 10.5 Å². The molecule has 0 spiro atoms. The molecule has 144 valence electrons. The van der Waals surface area contributed by atoms with Gasteiger partial charge in [-0.1, -0.05) is 23.7 Å². The summed E-state index contributed by atoms with van der Waals surface area (Å²) in [5.41, 5.74) is 9.30. The van der Waals surface area contributed by atoms with E-state index < -0.39 is 5.91 Å². The van der Waals surface area contributed by atoms with Crippen LogP contribution in [-0.2, 0) is 6.61 Å². The lowest BCUT2D eigenvalue weighted by Gasteiger charge is -2.11. The number of aromatic nitrogens is 2. The summed E-state index contributed by atoms with van der Waals surface area (Å²) >= 11 is 12.8. The van der Waals surface area contributed by atoms with Gasteiger partial charge in [0.2, 0.25) is 11.5 Å². The SMILES string of the molecule is Nc1nonc1C(=O)N/N=C/c1cc(Br)c(OCc2ccc(Cl)cc2)c(Br)c1. The molecule has 0 aliphatic carbocycles. The van der Waals surface area contributed by atoms with Crippen LogP contribution in [0, 0.1) is 0 Å². The number of nitrogens with zero attached hydrogens (tertiary/aromatic N) is 3. The molecule has 3 rings (SSSR count). The van der Waals surface area contributed by atoms with Crippen LogP contribution in [0.25, 0.3) is 0 Å². The Morgan fingerprint density at radius 1 is 1.25 bits per heavy atom. The molecule has 0 saturated heterocycles. The molecule has 2 aromatic carbocycles. The number of carbonyl (C=O) groups excluding carboxylic acids is 1. The molecular weight excluding hydrogens is 517 g/mol. The number of halogens is 3. The molecule has 1 heterocycles. The lowest BCUT2D eigenvalue weighted by atomic mass is 10.2. The quantitative estimate of drug-likeness (QED) is 0.366. The fraction of sp³-hybridized carbons (Fsp3) is 0.0588. The minimum Gasteiger partial charge on any atom is -0.487 e. The molecule has 0 aliphatic rings. The zero-order valence-electron chi connectivity index (χ0n) is 14.0. The number of anilines is 1. The Morgan fingerprint density at radius 2 is 1.93 bits per heavy atom. The lowest BCUT2D eigenvalue weighted by Crippen LogP contribution is -2.19. The van der Waals surface area contributed by atoms with E-state index in [-0.39, 0.29) is 11.5 Å². The second kappa shape index (κ2) is 9.18. The zero-order valence-corrected chi connectivity index (χ0v) is 18.0. The van der Waals surface area contributed by atoms with Crippen LogP contribution in [-0.4, -0.2) is 22.4 Å². The van der Waals surface area contributed by atoms with E-state index in [9.17, 15) is 4.79 Å². The first-order valence-corrected chi connectivity index (χ1v) is 9.68. The van der Waals surface area contributed by atoms with E-state index in [4.69, 9.17) is 22.1 Å². The Labute approximate surface area is 181 Å². The maximum absolute atomic E-state index is 11.8. The number of nitrogen functional groups attached to an aromatic ring is 1.